The first-order chi connectivity index (χ1) is 14.2. The molecule has 0 radical (unpaired) electrons. The van der Waals surface area contributed by atoms with Gasteiger partial charge in [-0.15, -0.1) is 0 Å². The van der Waals surface area contributed by atoms with Gasteiger partial charge >= 0.3 is 11.8 Å². The SMILES string of the molecule is O=C(C(=O)N1CCc2ccccc2C1)N1CCN(C/C=C/c2ccccc2)CC1. The summed E-state index contributed by atoms with van der Waals surface area (Å²) in [7, 11) is 0. The lowest BCUT2D eigenvalue weighted by atomic mass is 10.00. The minimum Gasteiger partial charge on any atom is -0.332 e. The zero-order valence-corrected chi connectivity index (χ0v) is 16.7. The topological polar surface area (TPSA) is 43.9 Å². The summed E-state index contributed by atoms with van der Waals surface area (Å²) >= 11 is 0. The molecule has 5 heteroatoms. The largest absolute Gasteiger partial charge is 0.332 e. The third-order valence-electron chi connectivity index (χ3n) is 5.73. The van der Waals surface area contributed by atoms with Crippen molar-refractivity contribution in [2.75, 3.05) is 39.3 Å². The van der Waals surface area contributed by atoms with Gasteiger partial charge in [0.1, 0.15) is 0 Å². The summed E-state index contributed by atoms with van der Waals surface area (Å²) in [6.07, 6.45) is 5.09. The van der Waals surface area contributed by atoms with Gasteiger partial charge in [0.25, 0.3) is 0 Å². The van der Waals surface area contributed by atoms with Gasteiger partial charge < -0.3 is 9.80 Å². The molecular formula is C24H27N3O2. The molecule has 0 atom stereocenters. The zero-order valence-electron chi connectivity index (χ0n) is 16.7. The van der Waals surface area contributed by atoms with Gasteiger partial charge in [-0.25, -0.2) is 0 Å². The molecular weight excluding hydrogens is 362 g/mol. The van der Waals surface area contributed by atoms with E-state index in [1.54, 1.807) is 9.80 Å². The molecule has 2 aliphatic heterocycles. The Labute approximate surface area is 172 Å². The van der Waals surface area contributed by atoms with Crippen molar-refractivity contribution in [1.29, 1.82) is 0 Å². The first-order valence-electron chi connectivity index (χ1n) is 10.3. The number of carbonyl (C=O) groups excluding carboxylic acids is 2. The van der Waals surface area contributed by atoms with Crippen LogP contribution in [-0.2, 0) is 22.6 Å². The van der Waals surface area contributed by atoms with Gasteiger partial charge in [-0.3, -0.25) is 14.5 Å². The second-order valence-corrected chi connectivity index (χ2v) is 7.65. The van der Waals surface area contributed by atoms with E-state index in [2.05, 4.69) is 35.3 Å². The van der Waals surface area contributed by atoms with Gasteiger partial charge in [0.15, 0.2) is 0 Å². The summed E-state index contributed by atoms with van der Waals surface area (Å²) in [6.45, 7) is 4.80. The summed E-state index contributed by atoms with van der Waals surface area (Å²) in [5.41, 5.74) is 3.62. The smallest absolute Gasteiger partial charge is 0.312 e. The van der Waals surface area contributed by atoms with Crippen molar-refractivity contribution in [3.05, 3.63) is 77.4 Å². The molecule has 5 nitrogen and oxygen atoms in total. The average molecular weight is 389 g/mol. The first kappa shape index (κ1) is 19.4. The minimum absolute atomic E-state index is 0.358. The molecule has 29 heavy (non-hydrogen) atoms. The molecule has 0 N–H and O–H groups in total. The lowest BCUT2D eigenvalue weighted by Gasteiger charge is -2.35. The van der Waals surface area contributed by atoms with Crippen molar-refractivity contribution in [3.63, 3.8) is 0 Å². The van der Waals surface area contributed by atoms with Gasteiger partial charge in [-0.1, -0.05) is 66.7 Å². The highest BCUT2D eigenvalue weighted by Crippen LogP contribution is 2.19. The number of rotatable bonds is 3. The number of amides is 2. The summed E-state index contributed by atoms with van der Waals surface area (Å²) in [5, 5.41) is 0. The first-order valence-corrected chi connectivity index (χ1v) is 10.3. The Hall–Kier alpha value is -2.92. The molecule has 150 valence electrons. The van der Waals surface area contributed by atoms with Gasteiger partial charge in [0, 0.05) is 45.8 Å². The fourth-order valence-electron chi connectivity index (χ4n) is 3.98. The van der Waals surface area contributed by atoms with E-state index in [0.29, 0.717) is 26.2 Å². The van der Waals surface area contributed by atoms with Crippen LogP contribution >= 0.6 is 0 Å². The second-order valence-electron chi connectivity index (χ2n) is 7.65. The Morgan fingerprint density at radius 3 is 2.17 bits per heavy atom. The highest BCUT2D eigenvalue weighted by Gasteiger charge is 2.31. The quantitative estimate of drug-likeness (QED) is 0.758. The molecule has 0 bridgehead atoms. The monoisotopic (exact) mass is 389 g/mol. The van der Waals surface area contributed by atoms with Crippen molar-refractivity contribution in [1.82, 2.24) is 14.7 Å². The van der Waals surface area contributed by atoms with Crippen LogP contribution in [0.15, 0.2) is 60.7 Å². The number of carbonyl (C=O) groups is 2. The Bertz CT molecular complexity index is 886. The average Bonchev–Trinajstić information content (AvgIpc) is 2.79. The Kier molecular flexibility index (Phi) is 6.06. The number of hydrogen-bond donors (Lipinski definition) is 0. The highest BCUT2D eigenvalue weighted by molar-refractivity contribution is 6.34. The van der Waals surface area contributed by atoms with Crippen molar-refractivity contribution >= 4 is 17.9 Å². The molecule has 1 fully saturated rings. The van der Waals surface area contributed by atoms with Crippen LogP contribution in [0, 0.1) is 0 Å². The molecule has 0 spiro atoms. The molecule has 0 aromatic heterocycles. The summed E-state index contributed by atoms with van der Waals surface area (Å²) in [5.74, 6) is -0.721. The second kappa shape index (κ2) is 9.05. The van der Waals surface area contributed by atoms with E-state index in [1.807, 2.05) is 36.4 Å². The standard InChI is InChI=1S/C24H27N3O2/c28-23(24(29)27-14-12-21-10-4-5-11-22(21)19-27)26-17-15-25(16-18-26)13-6-9-20-7-2-1-3-8-20/h1-11H,12-19H2/b9-6+. The van der Waals surface area contributed by atoms with E-state index >= 15 is 0 Å². The predicted molar refractivity (Wildman–Crippen MR) is 114 cm³/mol. The van der Waals surface area contributed by atoms with E-state index in [4.69, 9.17) is 0 Å². The number of fused-ring (bicyclic) bond motifs is 1. The van der Waals surface area contributed by atoms with E-state index in [-0.39, 0.29) is 11.8 Å². The predicted octanol–water partition coefficient (Wildman–Crippen LogP) is 2.43. The highest BCUT2D eigenvalue weighted by atomic mass is 16.2. The number of piperazine rings is 1. The van der Waals surface area contributed by atoms with Crippen molar-refractivity contribution in [2.45, 2.75) is 13.0 Å². The molecule has 2 aromatic carbocycles. The molecule has 2 amide bonds. The Morgan fingerprint density at radius 1 is 0.759 bits per heavy atom. The third-order valence-corrected chi connectivity index (χ3v) is 5.73. The number of benzene rings is 2. The van der Waals surface area contributed by atoms with Crippen LogP contribution in [0.3, 0.4) is 0 Å². The van der Waals surface area contributed by atoms with Gasteiger partial charge in [0.2, 0.25) is 0 Å². The fourth-order valence-corrected chi connectivity index (χ4v) is 3.98. The van der Waals surface area contributed by atoms with Gasteiger partial charge in [-0.05, 0) is 23.1 Å². The van der Waals surface area contributed by atoms with E-state index in [1.165, 1.54) is 11.1 Å². The van der Waals surface area contributed by atoms with Crippen LogP contribution in [0.4, 0.5) is 0 Å². The maximum absolute atomic E-state index is 12.7. The summed E-state index contributed by atoms with van der Waals surface area (Å²) in [4.78, 5) is 31.2. The maximum Gasteiger partial charge on any atom is 0.312 e. The Balaban J connectivity index is 1.26. The number of nitrogens with zero attached hydrogens (tertiary/aromatic N) is 3. The molecule has 2 aliphatic rings. The normalized spacial score (nSPS) is 17.4. The van der Waals surface area contributed by atoms with E-state index in [9.17, 15) is 9.59 Å². The van der Waals surface area contributed by atoms with Crippen LogP contribution in [-0.4, -0.2) is 65.8 Å². The lowest BCUT2D eigenvalue weighted by Crippen LogP contribution is -2.53. The maximum atomic E-state index is 12.7. The third kappa shape index (κ3) is 4.74. The van der Waals surface area contributed by atoms with Crippen LogP contribution in [0.2, 0.25) is 0 Å². The molecule has 0 aliphatic carbocycles. The van der Waals surface area contributed by atoms with Gasteiger partial charge in [0.05, 0.1) is 0 Å². The molecule has 2 aromatic rings. The van der Waals surface area contributed by atoms with Gasteiger partial charge in [-0.2, -0.15) is 0 Å². The molecule has 0 unspecified atom stereocenters. The van der Waals surface area contributed by atoms with Crippen LogP contribution in [0.25, 0.3) is 6.08 Å². The molecule has 0 saturated carbocycles. The number of hydrogen-bond acceptors (Lipinski definition) is 3. The van der Waals surface area contributed by atoms with Crippen molar-refractivity contribution in [3.8, 4) is 0 Å². The van der Waals surface area contributed by atoms with Crippen LogP contribution in [0.5, 0.6) is 0 Å². The van der Waals surface area contributed by atoms with Crippen LogP contribution < -0.4 is 0 Å². The summed E-state index contributed by atoms with van der Waals surface area (Å²) in [6, 6.07) is 18.4. The minimum atomic E-state index is -0.364. The van der Waals surface area contributed by atoms with Crippen LogP contribution in [0.1, 0.15) is 16.7 Å². The molecule has 4 rings (SSSR count). The van der Waals surface area contributed by atoms with E-state index in [0.717, 1.165) is 31.6 Å². The zero-order chi connectivity index (χ0) is 20.1. The van der Waals surface area contributed by atoms with E-state index < -0.39 is 0 Å². The lowest BCUT2D eigenvalue weighted by molar-refractivity contribution is -0.153. The summed E-state index contributed by atoms with van der Waals surface area (Å²) < 4.78 is 0. The Morgan fingerprint density at radius 2 is 1.41 bits per heavy atom. The fraction of sp³-hybridized carbons (Fsp3) is 0.333. The molecule has 2 heterocycles. The van der Waals surface area contributed by atoms with Crippen molar-refractivity contribution in [2.24, 2.45) is 0 Å². The van der Waals surface area contributed by atoms with Crippen molar-refractivity contribution < 1.29 is 9.59 Å². The molecule has 1 saturated heterocycles.